The van der Waals surface area contributed by atoms with E-state index in [9.17, 15) is 0 Å². The van der Waals surface area contributed by atoms with Crippen LogP contribution in [0.5, 0.6) is 0 Å². The second kappa shape index (κ2) is 5.25. The number of fused-ring (bicyclic) bond motifs is 1. The fourth-order valence-corrected chi connectivity index (χ4v) is 3.42. The van der Waals surface area contributed by atoms with Gasteiger partial charge in [-0.3, -0.25) is 0 Å². The molecule has 0 amide bonds. The molecule has 0 aliphatic heterocycles. The van der Waals surface area contributed by atoms with Crippen LogP contribution in [0.25, 0.3) is 11.0 Å². The predicted octanol–water partition coefficient (Wildman–Crippen LogP) is 5.06. The number of aromatic nitrogens is 2. The van der Waals surface area contributed by atoms with Crippen molar-refractivity contribution in [2.45, 2.75) is 12.0 Å². The smallest absolute Gasteiger partial charge is 0.0969 e. The van der Waals surface area contributed by atoms with Gasteiger partial charge >= 0.3 is 0 Å². The Morgan fingerprint density at radius 2 is 1.82 bits per heavy atom. The maximum atomic E-state index is 4.58. The van der Waals surface area contributed by atoms with E-state index in [4.69, 9.17) is 0 Å². The third-order valence-electron chi connectivity index (χ3n) is 4.28. The Morgan fingerprint density at radius 3 is 2.59 bits per heavy atom. The first-order valence-electron chi connectivity index (χ1n) is 7.33. The number of allylic oxidation sites excluding steroid dienone is 4. The minimum atomic E-state index is -0.217. The average Bonchev–Trinajstić information content (AvgIpc) is 3.01. The van der Waals surface area contributed by atoms with Crippen molar-refractivity contribution < 1.29 is 0 Å². The molecule has 108 valence electrons. The number of hydrogen-bond acceptors (Lipinski definition) is 1. The highest BCUT2D eigenvalue weighted by atomic mass is 79.9. The quantitative estimate of drug-likeness (QED) is 0.631. The number of hydrogen-bond donors (Lipinski definition) is 0. The van der Waals surface area contributed by atoms with Gasteiger partial charge in [0.1, 0.15) is 0 Å². The second-order valence-electron chi connectivity index (χ2n) is 5.53. The molecule has 22 heavy (non-hydrogen) atoms. The summed E-state index contributed by atoms with van der Waals surface area (Å²) < 4.78 is 3.38. The van der Waals surface area contributed by atoms with E-state index in [-0.39, 0.29) is 5.54 Å². The van der Waals surface area contributed by atoms with Crippen LogP contribution < -0.4 is 0 Å². The zero-order valence-corrected chi connectivity index (χ0v) is 13.6. The molecule has 1 aromatic heterocycles. The maximum Gasteiger partial charge on any atom is 0.0969 e. The molecule has 3 heteroatoms. The summed E-state index contributed by atoms with van der Waals surface area (Å²) in [7, 11) is 0. The van der Waals surface area contributed by atoms with Gasteiger partial charge in [-0.1, -0.05) is 64.5 Å². The Hall–Kier alpha value is -2.13. The van der Waals surface area contributed by atoms with Crippen molar-refractivity contribution in [1.29, 1.82) is 0 Å². The van der Waals surface area contributed by atoms with Crippen LogP contribution in [0.1, 0.15) is 12.0 Å². The van der Waals surface area contributed by atoms with E-state index < -0.39 is 0 Å². The number of rotatable bonds is 2. The Kier molecular flexibility index (Phi) is 3.23. The molecule has 0 bridgehead atoms. The van der Waals surface area contributed by atoms with E-state index in [0.717, 1.165) is 21.9 Å². The minimum absolute atomic E-state index is 0.217. The largest absolute Gasteiger partial charge is 0.316 e. The molecule has 1 aliphatic carbocycles. The van der Waals surface area contributed by atoms with Crippen LogP contribution in [0.15, 0.2) is 83.6 Å². The van der Waals surface area contributed by atoms with Crippen molar-refractivity contribution >= 4 is 27.0 Å². The van der Waals surface area contributed by atoms with Gasteiger partial charge in [0.15, 0.2) is 0 Å². The van der Waals surface area contributed by atoms with Crippen LogP contribution in [-0.4, -0.2) is 9.55 Å². The lowest BCUT2D eigenvalue weighted by Crippen LogP contribution is -2.32. The summed E-state index contributed by atoms with van der Waals surface area (Å²) in [5, 5.41) is 0. The maximum absolute atomic E-state index is 4.58. The zero-order chi connectivity index (χ0) is 15.0. The van der Waals surface area contributed by atoms with Gasteiger partial charge in [0, 0.05) is 4.47 Å². The van der Waals surface area contributed by atoms with Crippen LogP contribution in [0.3, 0.4) is 0 Å². The van der Waals surface area contributed by atoms with E-state index in [1.807, 2.05) is 12.4 Å². The first kappa shape index (κ1) is 13.5. The summed E-state index contributed by atoms with van der Waals surface area (Å²) in [6.07, 6.45) is 11.6. The normalized spacial score (nSPS) is 20.6. The summed E-state index contributed by atoms with van der Waals surface area (Å²) >= 11 is 3.52. The Labute approximate surface area is 137 Å². The SMILES string of the molecule is Brc1ccc(C2(n3cnc4ccccc43)C=CC=CC2)cc1. The summed E-state index contributed by atoms with van der Waals surface area (Å²) in [6, 6.07) is 16.9. The molecule has 1 atom stereocenters. The number of benzene rings is 2. The van der Waals surface area contributed by atoms with Crippen molar-refractivity contribution in [1.82, 2.24) is 9.55 Å². The number of nitrogens with zero attached hydrogens (tertiary/aromatic N) is 2. The molecule has 1 unspecified atom stereocenters. The molecule has 2 aromatic carbocycles. The summed E-state index contributed by atoms with van der Waals surface area (Å²) in [5.74, 6) is 0. The van der Waals surface area contributed by atoms with Gasteiger partial charge in [0.25, 0.3) is 0 Å². The Balaban J connectivity index is 1.97. The van der Waals surface area contributed by atoms with Gasteiger partial charge in [-0.2, -0.15) is 0 Å². The van der Waals surface area contributed by atoms with Crippen LogP contribution in [-0.2, 0) is 5.54 Å². The fraction of sp³-hybridized carbons (Fsp3) is 0.105. The molecular weight excluding hydrogens is 336 g/mol. The third kappa shape index (κ3) is 2.04. The standard InChI is InChI=1S/C19H15BrN2/c20-16-10-8-15(9-11-16)19(12-4-1-5-13-19)22-14-21-17-6-2-3-7-18(17)22/h1-12,14H,13H2. The summed E-state index contributed by atoms with van der Waals surface area (Å²) in [6.45, 7) is 0. The van der Waals surface area contributed by atoms with Crippen molar-refractivity contribution in [3.8, 4) is 0 Å². The van der Waals surface area contributed by atoms with Gasteiger partial charge in [-0.05, 0) is 36.2 Å². The molecule has 3 aromatic rings. The lowest BCUT2D eigenvalue weighted by molar-refractivity contribution is 0.461. The van der Waals surface area contributed by atoms with Gasteiger partial charge in [0.2, 0.25) is 0 Å². The lowest BCUT2D eigenvalue weighted by Gasteiger charge is -2.34. The molecule has 0 saturated heterocycles. The van der Waals surface area contributed by atoms with Crippen molar-refractivity contribution in [2.75, 3.05) is 0 Å². The van der Waals surface area contributed by atoms with E-state index in [2.05, 4.69) is 92.2 Å². The summed E-state index contributed by atoms with van der Waals surface area (Å²) in [4.78, 5) is 4.58. The fourth-order valence-electron chi connectivity index (χ4n) is 3.16. The predicted molar refractivity (Wildman–Crippen MR) is 93.8 cm³/mol. The molecule has 0 radical (unpaired) electrons. The lowest BCUT2D eigenvalue weighted by atomic mass is 9.83. The Bertz CT molecular complexity index is 874. The number of para-hydroxylation sites is 2. The van der Waals surface area contributed by atoms with E-state index >= 15 is 0 Å². The molecule has 0 spiro atoms. The molecule has 0 fully saturated rings. The summed E-state index contributed by atoms with van der Waals surface area (Å²) in [5.41, 5.74) is 3.23. The van der Waals surface area contributed by atoms with Gasteiger partial charge in [0.05, 0.1) is 22.9 Å². The minimum Gasteiger partial charge on any atom is -0.316 e. The molecule has 1 heterocycles. The van der Waals surface area contributed by atoms with E-state index in [0.29, 0.717) is 0 Å². The van der Waals surface area contributed by atoms with Crippen molar-refractivity contribution in [3.63, 3.8) is 0 Å². The molecule has 2 nitrogen and oxygen atoms in total. The monoisotopic (exact) mass is 350 g/mol. The molecular formula is C19H15BrN2. The molecule has 4 rings (SSSR count). The van der Waals surface area contributed by atoms with Crippen LogP contribution >= 0.6 is 15.9 Å². The highest BCUT2D eigenvalue weighted by Gasteiger charge is 2.32. The van der Waals surface area contributed by atoms with E-state index in [1.165, 1.54) is 5.56 Å². The van der Waals surface area contributed by atoms with Gasteiger partial charge < -0.3 is 4.57 Å². The highest BCUT2D eigenvalue weighted by molar-refractivity contribution is 9.10. The molecule has 0 N–H and O–H groups in total. The van der Waals surface area contributed by atoms with Gasteiger partial charge in [-0.15, -0.1) is 0 Å². The van der Waals surface area contributed by atoms with Crippen molar-refractivity contribution in [2.24, 2.45) is 0 Å². The first-order valence-corrected chi connectivity index (χ1v) is 8.12. The molecule has 1 aliphatic rings. The third-order valence-corrected chi connectivity index (χ3v) is 4.80. The Morgan fingerprint density at radius 1 is 1.00 bits per heavy atom. The number of imidazole rings is 1. The van der Waals surface area contributed by atoms with E-state index in [1.54, 1.807) is 0 Å². The topological polar surface area (TPSA) is 17.8 Å². The van der Waals surface area contributed by atoms with Crippen molar-refractivity contribution in [3.05, 3.63) is 89.2 Å². The number of halogens is 1. The zero-order valence-electron chi connectivity index (χ0n) is 12.0. The van der Waals surface area contributed by atoms with Crippen LogP contribution in [0, 0.1) is 0 Å². The second-order valence-corrected chi connectivity index (χ2v) is 6.44. The highest BCUT2D eigenvalue weighted by Crippen LogP contribution is 2.37. The van der Waals surface area contributed by atoms with Crippen LogP contribution in [0.2, 0.25) is 0 Å². The average molecular weight is 351 g/mol. The van der Waals surface area contributed by atoms with Gasteiger partial charge in [-0.25, -0.2) is 4.98 Å². The molecule has 0 saturated carbocycles. The first-order chi connectivity index (χ1) is 10.8. The van der Waals surface area contributed by atoms with Crippen LogP contribution in [0.4, 0.5) is 0 Å².